The summed E-state index contributed by atoms with van der Waals surface area (Å²) in [5.74, 6) is 1.88. The Morgan fingerprint density at radius 1 is 0.354 bits per heavy atom. The lowest BCUT2D eigenvalue weighted by molar-refractivity contribution is 1.07. The van der Waals surface area contributed by atoms with Crippen LogP contribution in [0.5, 0.6) is 0 Å². The summed E-state index contributed by atoms with van der Waals surface area (Å²) in [6, 6.07) is 76.1. The first-order valence-electron chi connectivity index (χ1n) is 21.9. The van der Waals surface area contributed by atoms with Crippen molar-refractivity contribution in [1.82, 2.24) is 24.1 Å². The average Bonchev–Trinajstić information content (AvgIpc) is 4.03. The molecular weight excluding hydrogens is 811 g/mol. The van der Waals surface area contributed by atoms with Gasteiger partial charge in [-0.25, -0.2) is 15.0 Å². The monoisotopic (exact) mass is 845 g/mol. The van der Waals surface area contributed by atoms with Crippen LogP contribution in [-0.4, -0.2) is 24.1 Å². The standard InChI is InChI=1S/C59H35N5S/c1-2-19-41(20-3-1)63-49-26-11-8-21-42(49)44-24-14-25-46(55(44)63)58-60-57(40-30-29-36-15-4-5-16-37(36)33-40)61-59(62-58)47-31-32-51(54-45-23-10-13-28-53(45)65-56(47)54)64-50-27-12-9-22-43(50)48-34-38-17-6-7-18-39(38)35-52(48)64/h1-35H. The van der Waals surface area contributed by atoms with E-state index in [9.17, 15) is 0 Å². The van der Waals surface area contributed by atoms with Gasteiger partial charge >= 0.3 is 0 Å². The molecule has 0 saturated heterocycles. The predicted octanol–water partition coefficient (Wildman–Crippen LogP) is 15.7. The van der Waals surface area contributed by atoms with E-state index < -0.39 is 0 Å². The minimum atomic E-state index is 0.622. The molecule has 10 aromatic carbocycles. The fourth-order valence-electron chi connectivity index (χ4n) is 10.2. The van der Waals surface area contributed by atoms with Gasteiger partial charge in [-0.15, -0.1) is 11.3 Å². The molecule has 0 aliphatic carbocycles. The van der Waals surface area contributed by atoms with Crippen LogP contribution in [0, 0.1) is 0 Å². The number of hydrogen-bond donors (Lipinski definition) is 0. The maximum Gasteiger partial charge on any atom is 0.166 e. The Morgan fingerprint density at radius 2 is 0.954 bits per heavy atom. The van der Waals surface area contributed by atoms with Gasteiger partial charge in [0.1, 0.15) is 0 Å². The summed E-state index contributed by atoms with van der Waals surface area (Å²) in [6.07, 6.45) is 0. The normalized spacial score (nSPS) is 12.0. The Bertz CT molecular complexity index is 4250. The lowest BCUT2D eigenvalue weighted by atomic mass is 10.0. The van der Waals surface area contributed by atoms with E-state index in [1.165, 1.54) is 58.8 Å². The molecule has 65 heavy (non-hydrogen) atoms. The van der Waals surface area contributed by atoms with Crippen molar-refractivity contribution in [1.29, 1.82) is 0 Å². The summed E-state index contributed by atoms with van der Waals surface area (Å²) < 4.78 is 7.16. The van der Waals surface area contributed by atoms with Gasteiger partial charge in [0.05, 0.1) is 27.8 Å². The van der Waals surface area contributed by atoms with E-state index >= 15 is 0 Å². The fraction of sp³-hybridized carbons (Fsp3) is 0. The second-order valence-corrected chi connectivity index (χ2v) is 17.8. The van der Waals surface area contributed by atoms with Crippen molar-refractivity contribution in [3.05, 3.63) is 212 Å². The highest BCUT2D eigenvalue weighted by Gasteiger charge is 2.24. The van der Waals surface area contributed by atoms with Crippen LogP contribution in [0.2, 0.25) is 0 Å². The molecule has 0 amide bonds. The lowest BCUT2D eigenvalue weighted by Gasteiger charge is -2.15. The summed E-state index contributed by atoms with van der Waals surface area (Å²) in [7, 11) is 0. The van der Waals surface area contributed by atoms with E-state index in [4.69, 9.17) is 15.0 Å². The molecule has 302 valence electrons. The van der Waals surface area contributed by atoms with Crippen molar-refractivity contribution in [2.45, 2.75) is 0 Å². The van der Waals surface area contributed by atoms with Gasteiger partial charge in [-0.2, -0.15) is 0 Å². The topological polar surface area (TPSA) is 48.5 Å². The number of thiophene rings is 1. The SMILES string of the molecule is c1ccc(-n2c3ccccc3c3cccc(-c4nc(-c5ccc6ccccc6c5)nc(-c5ccc(-n6c7ccccc7c7cc8ccccc8cc76)c6c5sc5ccccc56)n4)c32)cc1. The van der Waals surface area contributed by atoms with Gasteiger partial charge in [0.2, 0.25) is 0 Å². The van der Waals surface area contributed by atoms with Gasteiger partial charge in [-0.05, 0) is 88.3 Å². The van der Waals surface area contributed by atoms with Gasteiger partial charge in [0.25, 0.3) is 0 Å². The Kier molecular flexibility index (Phi) is 7.79. The van der Waals surface area contributed by atoms with E-state index in [1.807, 2.05) is 0 Å². The zero-order chi connectivity index (χ0) is 42.6. The highest BCUT2D eigenvalue weighted by Crippen LogP contribution is 2.46. The van der Waals surface area contributed by atoms with Gasteiger partial charge in [0.15, 0.2) is 17.5 Å². The molecule has 0 aliphatic heterocycles. The first-order valence-corrected chi connectivity index (χ1v) is 22.8. The van der Waals surface area contributed by atoms with Gasteiger partial charge in [-0.1, -0.05) is 146 Å². The first-order chi connectivity index (χ1) is 32.2. The number of rotatable bonds is 5. The summed E-state index contributed by atoms with van der Waals surface area (Å²) in [6.45, 7) is 0. The van der Waals surface area contributed by atoms with Crippen LogP contribution in [0.4, 0.5) is 0 Å². The van der Waals surface area contributed by atoms with Gasteiger partial charge < -0.3 is 9.13 Å². The molecule has 6 heteroatoms. The number of hydrogen-bond acceptors (Lipinski definition) is 4. The molecule has 4 aromatic heterocycles. The Morgan fingerprint density at radius 3 is 1.75 bits per heavy atom. The molecular formula is C59H35N5S. The minimum Gasteiger partial charge on any atom is -0.309 e. The quantitative estimate of drug-likeness (QED) is 0.173. The summed E-state index contributed by atoms with van der Waals surface area (Å²) in [5, 5.41) is 11.9. The van der Waals surface area contributed by atoms with E-state index in [2.05, 4.69) is 221 Å². The van der Waals surface area contributed by atoms with Crippen LogP contribution in [0.15, 0.2) is 212 Å². The predicted molar refractivity (Wildman–Crippen MR) is 273 cm³/mol. The van der Waals surface area contributed by atoms with E-state index in [-0.39, 0.29) is 0 Å². The fourth-order valence-corrected chi connectivity index (χ4v) is 11.4. The van der Waals surface area contributed by atoms with E-state index in [0.717, 1.165) is 54.6 Å². The van der Waals surface area contributed by atoms with E-state index in [0.29, 0.717) is 17.5 Å². The van der Waals surface area contributed by atoms with Crippen LogP contribution in [0.25, 0.3) is 131 Å². The molecule has 0 N–H and O–H groups in total. The number of fused-ring (bicyclic) bond motifs is 11. The molecule has 14 rings (SSSR count). The lowest BCUT2D eigenvalue weighted by Crippen LogP contribution is -2.03. The zero-order valence-corrected chi connectivity index (χ0v) is 35.7. The van der Waals surface area contributed by atoms with Crippen molar-refractivity contribution in [3.8, 4) is 45.5 Å². The largest absolute Gasteiger partial charge is 0.309 e. The maximum absolute atomic E-state index is 5.53. The first kappa shape index (κ1) is 36.1. The molecule has 0 radical (unpaired) electrons. The Labute approximate surface area is 376 Å². The van der Waals surface area contributed by atoms with Crippen molar-refractivity contribution >= 4 is 96.7 Å². The molecule has 0 fully saturated rings. The second kappa shape index (κ2) is 14.0. The molecule has 0 aliphatic rings. The third-order valence-electron chi connectivity index (χ3n) is 13.1. The van der Waals surface area contributed by atoms with Crippen molar-refractivity contribution in [2.24, 2.45) is 0 Å². The number of benzene rings is 10. The average molecular weight is 846 g/mol. The van der Waals surface area contributed by atoms with Crippen LogP contribution >= 0.6 is 11.3 Å². The number of para-hydroxylation sites is 4. The molecule has 14 aromatic rings. The van der Waals surface area contributed by atoms with Crippen molar-refractivity contribution in [2.75, 3.05) is 0 Å². The van der Waals surface area contributed by atoms with Gasteiger partial charge in [-0.3, -0.25) is 0 Å². The van der Waals surface area contributed by atoms with E-state index in [1.54, 1.807) is 11.3 Å². The highest BCUT2D eigenvalue weighted by atomic mass is 32.1. The zero-order valence-electron chi connectivity index (χ0n) is 34.9. The second-order valence-electron chi connectivity index (χ2n) is 16.8. The molecule has 0 unspecified atom stereocenters. The van der Waals surface area contributed by atoms with Crippen LogP contribution in [0.3, 0.4) is 0 Å². The third-order valence-corrected chi connectivity index (χ3v) is 14.3. The number of aromatic nitrogens is 5. The smallest absolute Gasteiger partial charge is 0.166 e. The molecule has 0 bridgehead atoms. The number of nitrogens with zero attached hydrogens (tertiary/aromatic N) is 5. The van der Waals surface area contributed by atoms with Crippen molar-refractivity contribution < 1.29 is 0 Å². The van der Waals surface area contributed by atoms with Crippen LogP contribution in [0.1, 0.15) is 0 Å². The molecule has 0 spiro atoms. The molecule has 5 nitrogen and oxygen atoms in total. The maximum atomic E-state index is 5.53. The Hall–Kier alpha value is -8.45. The summed E-state index contributed by atoms with van der Waals surface area (Å²) in [4.78, 5) is 16.4. The Balaban J connectivity index is 1.07. The highest BCUT2D eigenvalue weighted by molar-refractivity contribution is 7.26. The molecule has 0 atom stereocenters. The summed E-state index contributed by atoms with van der Waals surface area (Å²) >= 11 is 1.80. The third kappa shape index (κ3) is 5.48. The van der Waals surface area contributed by atoms with Crippen molar-refractivity contribution in [3.63, 3.8) is 0 Å². The van der Waals surface area contributed by atoms with Crippen LogP contribution in [-0.2, 0) is 0 Å². The van der Waals surface area contributed by atoms with Gasteiger partial charge in [0, 0.05) is 64.1 Å². The minimum absolute atomic E-state index is 0.622. The molecule has 4 heterocycles. The summed E-state index contributed by atoms with van der Waals surface area (Å²) in [5.41, 5.74) is 9.59. The molecule has 0 saturated carbocycles. The van der Waals surface area contributed by atoms with Crippen LogP contribution < -0.4 is 0 Å².